The first-order chi connectivity index (χ1) is 13.1. The second-order valence-electron chi connectivity index (χ2n) is 7.83. The van der Waals surface area contributed by atoms with E-state index in [1.165, 1.54) is 22.1 Å². The Bertz CT molecular complexity index is 892. The predicted octanol–water partition coefficient (Wildman–Crippen LogP) is 5.13. The minimum absolute atomic E-state index is 0.410. The maximum atomic E-state index is 5.79. The first-order valence-electron chi connectivity index (χ1n) is 9.90. The van der Waals surface area contributed by atoms with Crippen LogP contribution >= 0.6 is 0 Å². The molecule has 0 amide bonds. The molecule has 0 saturated carbocycles. The van der Waals surface area contributed by atoms with Crippen LogP contribution in [0.5, 0.6) is 0 Å². The summed E-state index contributed by atoms with van der Waals surface area (Å²) in [6.07, 6.45) is 4.90. The van der Waals surface area contributed by atoms with Crippen molar-refractivity contribution >= 4 is 16.8 Å². The van der Waals surface area contributed by atoms with Crippen molar-refractivity contribution < 1.29 is 9.15 Å². The van der Waals surface area contributed by atoms with Crippen LogP contribution in [-0.2, 0) is 11.2 Å². The Morgan fingerprint density at radius 2 is 1.89 bits per heavy atom. The van der Waals surface area contributed by atoms with Gasteiger partial charge < -0.3 is 14.1 Å². The number of fused-ring (bicyclic) bond motifs is 1. The number of benzene rings is 1. The third kappa shape index (κ3) is 3.86. The van der Waals surface area contributed by atoms with Crippen LogP contribution in [-0.4, -0.2) is 31.3 Å². The molecule has 142 valence electrons. The van der Waals surface area contributed by atoms with E-state index in [2.05, 4.69) is 61.0 Å². The number of hydrogen-bond donors (Lipinski definition) is 0. The molecule has 1 aliphatic heterocycles. The standard InChI is InChI=1S/C23H28N2O2/c1-16(2)21-15-27-22-13-18(4-6-20(21)22)12-17(3)19-5-7-23(24-14-19)25-8-10-26-11-9-25/h4-7,13-17H,8-12H2,1-3H3. The quantitative estimate of drug-likeness (QED) is 0.629. The summed E-state index contributed by atoms with van der Waals surface area (Å²) in [4.78, 5) is 6.98. The fourth-order valence-corrected chi connectivity index (χ4v) is 3.81. The van der Waals surface area contributed by atoms with E-state index in [0.29, 0.717) is 11.8 Å². The molecule has 4 heteroatoms. The van der Waals surface area contributed by atoms with E-state index in [1.54, 1.807) is 0 Å². The third-order valence-electron chi connectivity index (χ3n) is 5.51. The van der Waals surface area contributed by atoms with Gasteiger partial charge in [0.1, 0.15) is 11.4 Å². The summed E-state index contributed by atoms with van der Waals surface area (Å²) in [6.45, 7) is 10.1. The summed E-state index contributed by atoms with van der Waals surface area (Å²) in [5.41, 5.74) is 4.85. The molecule has 0 spiro atoms. The van der Waals surface area contributed by atoms with Crippen LogP contribution in [0, 0.1) is 0 Å². The molecule has 4 rings (SSSR count). The highest BCUT2D eigenvalue weighted by Gasteiger charge is 2.15. The van der Waals surface area contributed by atoms with E-state index in [0.717, 1.165) is 44.1 Å². The zero-order valence-corrected chi connectivity index (χ0v) is 16.4. The molecule has 1 fully saturated rings. The number of nitrogens with zero attached hydrogens (tertiary/aromatic N) is 2. The van der Waals surface area contributed by atoms with E-state index in [-0.39, 0.29) is 0 Å². The molecule has 1 atom stereocenters. The maximum Gasteiger partial charge on any atom is 0.134 e. The van der Waals surface area contributed by atoms with Gasteiger partial charge in [-0.25, -0.2) is 4.98 Å². The lowest BCUT2D eigenvalue weighted by Gasteiger charge is -2.28. The smallest absolute Gasteiger partial charge is 0.134 e. The highest BCUT2D eigenvalue weighted by atomic mass is 16.5. The number of hydrogen-bond acceptors (Lipinski definition) is 4. The average molecular weight is 364 g/mol. The van der Waals surface area contributed by atoms with Gasteiger partial charge in [0, 0.05) is 30.2 Å². The van der Waals surface area contributed by atoms with Gasteiger partial charge in [0.05, 0.1) is 19.5 Å². The van der Waals surface area contributed by atoms with Gasteiger partial charge in [-0.2, -0.15) is 0 Å². The minimum atomic E-state index is 0.410. The van der Waals surface area contributed by atoms with Crippen LogP contribution in [0.1, 0.15) is 49.3 Å². The number of pyridine rings is 1. The number of furan rings is 1. The van der Waals surface area contributed by atoms with Gasteiger partial charge in [0.2, 0.25) is 0 Å². The Balaban J connectivity index is 1.46. The molecule has 1 unspecified atom stereocenters. The summed E-state index contributed by atoms with van der Waals surface area (Å²) < 4.78 is 11.2. The van der Waals surface area contributed by atoms with Crippen LogP contribution in [0.3, 0.4) is 0 Å². The number of morpholine rings is 1. The fourth-order valence-electron chi connectivity index (χ4n) is 3.81. The van der Waals surface area contributed by atoms with Crippen molar-refractivity contribution in [1.29, 1.82) is 0 Å². The highest BCUT2D eigenvalue weighted by Crippen LogP contribution is 2.30. The number of aromatic nitrogens is 1. The van der Waals surface area contributed by atoms with Gasteiger partial charge in [-0.1, -0.05) is 39.0 Å². The Morgan fingerprint density at radius 3 is 2.59 bits per heavy atom. The topological polar surface area (TPSA) is 38.5 Å². The van der Waals surface area contributed by atoms with Gasteiger partial charge in [0.25, 0.3) is 0 Å². The molecule has 4 nitrogen and oxygen atoms in total. The molecule has 2 aromatic heterocycles. The normalized spacial score (nSPS) is 16.2. The fraction of sp³-hybridized carbons (Fsp3) is 0.435. The van der Waals surface area contributed by atoms with E-state index in [1.807, 2.05) is 12.5 Å². The molecule has 1 aliphatic rings. The number of ether oxygens (including phenoxy) is 1. The molecule has 1 saturated heterocycles. The molecule has 3 aromatic rings. The van der Waals surface area contributed by atoms with Crippen molar-refractivity contribution in [3.8, 4) is 0 Å². The zero-order chi connectivity index (χ0) is 18.8. The lowest BCUT2D eigenvalue weighted by molar-refractivity contribution is 0.122. The molecule has 0 bridgehead atoms. The largest absolute Gasteiger partial charge is 0.464 e. The van der Waals surface area contributed by atoms with Crippen LogP contribution in [0.2, 0.25) is 0 Å². The van der Waals surface area contributed by atoms with Gasteiger partial charge in [0.15, 0.2) is 0 Å². The summed E-state index contributed by atoms with van der Waals surface area (Å²) in [6, 6.07) is 11.0. The first-order valence-corrected chi connectivity index (χ1v) is 9.90. The summed E-state index contributed by atoms with van der Waals surface area (Å²) in [5, 5.41) is 1.23. The minimum Gasteiger partial charge on any atom is -0.464 e. The summed E-state index contributed by atoms with van der Waals surface area (Å²) in [5.74, 6) is 1.94. The summed E-state index contributed by atoms with van der Waals surface area (Å²) in [7, 11) is 0. The number of anilines is 1. The van der Waals surface area contributed by atoms with Crippen molar-refractivity contribution in [3.05, 3.63) is 59.5 Å². The second kappa shape index (κ2) is 7.73. The van der Waals surface area contributed by atoms with Gasteiger partial charge >= 0.3 is 0 Å². The van der Waals surface area contributed by atoms with E-state index < -0.39 is 0 Å². The Labute approximate surface area is 161 Å². The third-order valence-corrected chi connectivity index (χ3v) is 5.51. The van der Waals surface area contributed by atoms with Crippen molar-refractivity contribution in [1.82, 2.24) is 4.98 Å². The van der Waals surface area contributed by atoms with Gasteiger partial charge in [-0.05, 0) is 41.5 Å². The Hall–Kier alpha value is -2.33. The molecule has 1 aromatic carbocycles. The Kier molecular flexibility index (Phi) is 5.17. The van der Waals surface area contributed by atoms with Crippen molar-refractivity contribution in [2.45, 2.75) is 39.0 Å². The first kappa shape index (κ1) is 18.1. The van der Waals surface area contributed by atoms with Crippen LogP contribution in [0.4, 0.5) is 5.82 Å². The maximum absolute atomic E-state index is 5.79. The molecule has 0 radical (unpaired) electrons. The monoisotopic (exact) mass is 364 g/mol. The molecule has 0 aliphatic carbocycles. The van der Waals surface area contributed by atoms with Gasteiger partial charge in [-0.3, -0.25) is 0 Å². The highest BCUT2D eigenvalue weighted by molar-refractivity contribution is 5.82. The average Bonchev–Trinajstić information content (AvgIpc) is 3.12. The van der Waals surface area contributed by atoms with Crippen LogP contribution in [0.15, 0.2) is 47.2 Å². The van der Waals surface area contributed by atoms with Crippen LogP contribution < -0.4 is 4.90 Å². The van der Waals surface area contributed by atoms with E-state index in [9.17, 15) is 0 Å². The van der Waals surface area contributed by atoms with Crippen molar-refractivity contribution in [2.75, 3.05) is 31.2 Å². The van der Waals surface area contributed by atoms with Crippen molar-refractivity contribution in [2.24, 2.45) is 0 Å². The van der Waals surface area contributed by atoms with E-state index >= 15 is 0 Å². The molecule has 3 heterocycles. The summed E-state index contributed by atoms with van der Waals surface area (Å²) >= 11 is 0. The molecular formula is C23H28N2O2. The predicted molar refractivity (Wildman–Crippen MR) is 110 cm³/mol. The van der Waals surface area contributed by atoms with Gasteiger partial charge in [-0.15, -0.1) is 0 Å². The SMILES string of the molecule is CC(C)c1coc2cc(CC(C)c3ccc(N4CCOCC4)nc3)ccc12. The zero-order valence-electron chi connectivity index (χ0n) is 16.4. The molecule has 27 heavy (non-hydrogen) atoms. The van der Waals surface area contributed by atoms with Crippen molar-refractivity contribution in [3.63, 3.8) is 0 Å². The molecule has 0 N–H and O–H groups in total. The van der Waals surface area contributed by atoms with Crippen LogP contribution in [0.25, 0.3) is 11.0 Å². The molecular weight excluding hydrogens is 336 g/mol. The lowest BCUT2D eigenvalue weighted by Crippen LogP contribution is -2.36. The van der Waals surface area contributed by atoms with E-state index in [4.69, 9.17) is 9.15 Å². The Morgan fingerprint density at radius 1 is 1.07 bits per heavy atom. The lowest BCUT2D eigenvalue weighted by atomic mass is 9.94. The number of rotatable bonds is 5. The second-order valence-corrected chi connectivity index (χ2v) is 7.83.